The van der Waals surface area contributed by atoms with Gasteiger partial charge in [-0.1, -0.05) is 11.6 Å². The Labute approximate surface area is 156 Å². The molecule has 3 aromatic heterocycles. The number of hydrogen-bond donors (Lipinski definition) is 1. The minimum atomic E-state index is -0.142. The number of halogens is 1. The lowest BCUT2D eigenvalue weighted by Crippen LogP contribution is -2.12. The lowest BCUT2D eigenvalue weighted by molar-refractivity contribution is 0.583. The number of nitrogens with one attached hydrogen (secondary N) is 1. The summed E-state index contributed by atoms with van der Waals surface area (Å²) in [5.41, 5.74) is 0.638. The van der Waals surface area contributed by atoms with Gasteiger partial charge in [-0.15, -0.1) is 23.1 Å². The maximum atomic E-state index is 12.6. The summed E-state index contributed by atoms with van der Waals surface area (Å²) in [6.07, 6.45) is 1.60. The van der Waals surface area contributed by atoms with Crippen molar-refractivity contribution in [1.82, 2.24) is 9.97 Å². The second-order valence-corrected chi connectivity index (χ2v) is 8.18. The van der Waals surface area contributed by atoms with Gasteiger partial charge in [-0.25, -0.2) is 4.98 Å². The first-order chi connectivity index (χ1) is 12.1. The molecule has 0 fully saturated rings. The highest BCUT2D eigenvalue weighted by Crippen LogP contribution is 2.35. The Morgan fingerprint density at radius 1 is 1.28 bits per heavy atom. The van der Waals surface area contributed by atoms with Gasteiger partial charge in [-0.05, 0) is 43.3 Å². The monoisotopic (exact) mass is 388 g/mol. The Hall–Kier alpha value is -2.02. The number of furan rings is 1. The van der Waals surface area contributed by atoms with Crippen molar-refractivity contribution < 1.29 is 4.42 Å². The fraction of sp³-hybridized carbons (Fsp3) is 0.111. The fourth-order valence-electron chi connectivity index (χ4n) is 2.54. The zero-order valence-electron chi connectivity index (χ0n) is 13.2. The van der Waals surface area contributed by atoms with E-state index in [2.05, 4.69) is 9.97 Å². The average Bonchev–Trinajstić information content (AvgIpc) is 3.25. The van der Waals surface area contributed by atoms with Gasteiger partial charge < -0.3 is 9.40 Å². The van der Waals surface area contributed by atoms with Crippen LogP contribution >= 0.6 is 34.7 Å². The average molecular weight is 389 g/mol. The molecule has 0 aliphatic carbocycles. The van der Waals surface area contributed by atoms with Gasteiger partial charge in [0.2, 0.25) is 0 Å². The van der Waals surface area contributed by atoms with Crippen molar-refractivity contribution in [1.29, 1.82) is 0 Å². The summed E-state index contributed by atoms with van der Waals surface area (Å²) >= 11 is 8.99. The Balaban J connectivity index is 1.69. The van der Waals surface area contributed by atoms with E-state index in [1.165, 1.54) is 11.3 Å². The zero-order chi connectivity index (χ0) is 17.4. The van der Waals surface area contributed by atoms with E-state index in [0.717, 1.165) is 10.5 Å². The van der Waals surface area contributed by atoms with Crippen LogP contribution in [0.1, 0.15) is 18.0 Å². The van der Waals surface area contributed by atoms with E-state index < -0.39 is 0 Å². The maximum absolute atomic E-state index is 12.6. The first-order valence-corrected chi connectivity index (χ1v) is 9.73. The second-order valence-electron chi connectivity index (χ2n) is 5.47. The SMILES string of the molecule is CC(Sc1ccc(Cl)cc1)c1nc2scc(-c3ccco3)c2c(=O)[nH]1. The van der Waals surface area contributed by atoms with Crippen molar-refractivity contribution in [3.8, 4) is 11.3 Å². The van der Waals surface area contributed by atoms with Crippen LogP contribution in [0.5, 0.6) is 0 Å². The molecule has 4 nitrogen and oxygen atoms in total. The molecule has 1 atom stereocenters. The summed E-state index contributed by atoms with van der Waals surface area (Å²) in [4.78, 5) is 22.0. The van der Waals surface area contributed by atoms with Gasteiger partial charge >= 0.3 is 0 Å². The summed E-state index contributed by atoms with van der Waals surface area (Å²) < 4.78 is 5.42. The van der Waals surface area contributed by atoms with Crippen LogP contribution in [0, 0.1) is 0 Å². The number of thiophene rings is 1. The van der Waals surface area contributed by atoms with Gasteiger partial charge in [0.1, 0.15) is 16.4 Å². The molecule has 1 aromatic carbocycles. The normalized spacial score (nSPS) is 12.6. The molecular formula is C18H13ClN2O2S2. The maximum Gasteiger partial charge on any atom is 0.260 e. The minimum Gasteiger partial charge on any atom is -0.464 e. The highest BCUT2D eigenvalue weighted by Gasteiger charge is 2.17. The standard InChI is InChI=1S/C18H13ClN2O2S2/c1-10(25-12-6-4-11(19)5-7-12)16-20-17(22)15-13(9-24-18(15)21-16)14-3-2-8-23-14/h2-10H,1H3,(H,20,21,22). The van der Waals surface area contributed by atoms with Crippen LogP contribution in [0.4, 0.5) is 0 Å². The molecular weight excluding hydrogens is 376 g/mol. The van der Waals surface area contributed by atoms with Crippen molar-refractivity contribution >= 4 is 44.9 Å². The molecule has 4 rings (SSSR count). The van der Waals surface area contributed by atoms with Crippen LogP contribution in [-0.2, 0) is 0 Å². The molecule has 0 aliphatic rings. The molecule has 0 saturated carbocycles. The summed E-state index contributed by atoms with van der Waals surface area (Å²) in [6, 6.07) is 11.3. The van der Waals surface area contributed by atoms with Crippen molar-refractivity contribution in [2.75, 3.05) is 0 Å². The van der Waals surface area contributed by atoms with E-state index in [1.807, 2.05) is 42.6 Å². The van der Waals surface area contributed by atoms with Gasteiger partial charge in [0.15, 0.2) is 0 Å². The number of H-pyrrole nitrogens is 1. The third-order valence-electron chi connectivity index (χ3n) is 3.76. The number of hydrogen-bond acceptors (Lipinski definition) is 5. The smallest absolute Gasteiger partial charge is 0.260 e. The van der Waals surface area contributed by atoms with E-state index in [9.17, 15) is 4.79 Å². The largest absolute Gasteiger partial charge is 0.464 e. The molecule has 25 heavy (non-hydrogen) atoms. The highest BCUT2D eigenvalue weighted by molar-refractivity contribution is 7.99. The van der Waals surface area contributed by atoms with E-state index >= 15 is 0 Å². The van der Waals surface area contributed by atoms with Gasteiger partial charge in [0, 0.05) is 20.9 Å². The number of aromatic nitrogens is 2. The van der Waals surface area contributed by atoms with Crippen LogP contribution in [0.3, 0.4) is 0 Å². The molecule has 7 heteroatoms. The van der Waals surface area contributed by atoms with E-state index in [1.54, 1.807) is 24.1 Å². The van der Waals surface area contributed by atoms with E-state index in [4.69, 9.17) is 16.0 Å². The second kappa shape index (κ2) is 6.71. The van der Waals surface area contributed by atoms with Crippen LogP contribution in [-0.4, -0.2) is 9.97 Å². The molecule has 0 bridgehead atoms. The highest BCUT2D eigenvalue weighted by atomic mass is 35.5. The van der Waals surface area contributed by atoms with Gasteiger partial charge in [-0.3, -0.25) is 4.79 Å². The molecule has 3 heterocycles. The molecule has 1 unspecified atom stereocenters. The first kappa shape index (κ1) is 16.4. The number of rotatable bonds is 4. The summed E-state index contributed by atoms with van der Waals surface area (Å²) in [6.45, 7) is 2.02. The third kappa shape index (κ3) is 3.25. The summed E-state index contributed by atoms with van der Waals surface area (Å²) in [7, 11) is 0. The van der Waals surface area contributed by atoms with Crippen LogP contribution in [0.25, 0.3) is 21.5 Å². The quantitative estimate of drug-likeness (QED) is 0.452. The zero-order valence-corrected chi connectivity index (χ0v) is 15.5. The summed E-state index contributed by atoms with van der Waals surface area (Å²) in [5.74, 6) is 1.33. The Bertz CT molecular complexity index is 1070. The van der Waals surface area contributed by atoms with Crippen molar-refractivity contribution in [2.45, 2.75) is 17.1 Å². The number of fused-ring (bicyclic) bond motifs is 1. The molecule has 0 aliphatic heterocycles. The van der Waals surface area contributed by atoms with Gasteiger partial charge in [-0.2, -0.15) is 0 Å². The van der Waals surface area contributed by atoms with Crippen molar-refractivity contribution in [3.63, 3.8) is 0 Å². The van der Waals surface area contributed by atoms with Crippen molar-refractivity contribution in [2.24, 2.45) is 0 Å². The topological polar surface area (TPSA) is 58.9 Å². The molecule has 0 radical (unpaired) electrons. The third-order valence-corrected chi connectivity index (χ3v) is 6.01. The molecule has 0 saturated heterocycles. The lowest BCUT2D eigenvalue weighted by Gasteiger charge is -2.10. The number of thioether (sulfide) groups is 1. The summed E-state index contributed by atoms with van der Waals surface area (Å²) in [5, 5.41) is 3.20. The fourth-order valence-corrected chi connectivity index (χ4v) is 4.53. The number of aromatic amines is 1. The van der Waals surface area contributed by atoms with Crippen LogP contribution in [0.2, 0.25) is 5.02 Å². The molecule has 126 valence electrons. The first-order valence-electron chi connectivity index (χ1n) is 7.59. The molecule has 0 spiro atoms. The van der Waals surface area contributed by atoms with Gasteiger partial charge in [0.25, 0.3) is 5.56 Å². The molecule has 0 amide bonds. The number of nitrogens with zero attached hydrogens (tertiary/aromatic N) is 1. The van der Waals surface area contributed by atoms with E-state index in [-0.39, 0.29) is 10.8 Å². The predicted molar refractivity (Wildman–Crippen MR) is 104 cm³/mol. The Morgan fingerprint density at radius 3 is 2.80 bits per heavy atom. The predicted octanol–water partition coefficient (Wildman–Crippen LogP) is 5.75. The molecule has 1 N–H and O–H groups in total. The molecule has 4 aromatic rings. The van der Waals surface area contributed by atoms with Gasteiger partial charge in [0.05, 0.1) is 16.9 Å². The lowest BCUT2D eigenvalue weighted by atomic mass is 10.2. The number of benzene rings is 1. The van der Waals surface area contributed by atoms with Crippen LogP contribution < -0.4 is 5.56 Å². The minimum absolute atomic E-state index is 0.00689. The van der Waals surface area contributed by atoms with Crippen molar-refractivity contribution in [3.05, 3.63) is 69.2 Å². The van der Waals surface area contributed by atoms with E-state index in [0.29, 0.717) is 26.8 Å². The Morgan fingerprint density at radius 2 is 2.08 bits per heavy atom. The Kier molecular flexibility index (Phi) is 4.41. The van der Waals surface area contributed by atoms with Crippen LogP contribution in [0.15, 0.2) is 62.1 Å².